The minimum Gasteiger partial charge on any atom is -0.493 e. The minimum absolute atomic E-state index is 0.124. The summed E-state index contributed by atoms with van der Waals surface area (Å²) in [4.78, 5) is 12.1. The predicted molar refractivity (Wildman–Crippen MR) is 73.9 cm³/mol. The maximum absolute atomic E-state index is 12.1. The molecule has 2 rings (SSSR count). The average Bonchev–Trinajstić information content (AvgIpc) is 2.91. The Hall–Kier alpha value is -1.26. The number of benzene rings is 1. The Balaban J connectivity index is 2.02. The molecule has 1 aromatic rings. The molecule has 0 aliphatic carbocycles. The van der Waals surface area contributed by atoms with E-state index < -0.39 is 0 Å². The average molecular weight is 284 g/mol. The minimum atomic E-state index is -0.179. The van der Waals surface area contributed by atoms with Crippen LogP contribution in [0.2, 0.25) is 5.02 Å². The second-order valence-electron chi connectivity index (χ2n) is 4.42. The lowest BCUT2D eigenvalue weighted by Gasteiger charge is -2.13. The SMILES string of the molecule is CCOc1ccc(Cl)cc1C(=O)NCC1CCCO1. The lowest BCUT2D eigenvalue weighted by molar-refractivity contribution is 0.0854. The fraction of sp³-hybridized carbons (Fsp3) is 0.500. The molecule has 0 saturated carbocycles. The number of hydrogen-bond donors (Lipinski definition) is 1. The molecule has 1 aromatic carbocycles. The van der Waals surface area contributed by atoms with Crippen molar-refractivity contribution in [2.45, 2.75) is 25.9 Å². The van der Waals surface area contributed by atoms with E-state index in [0.29, 0.717) is 29.5 Å². The van der Waals surface area contributed by atoms with Gasteiger partial charge in [-0.15, -0.1) is 0 Å². The molecular weight excluding hydrogens is 266 g/mol. The largest absolute Gasteiger partial charge is 0.493 e. The van der Waals surface area contributed by atoms with E-state index in [4.69, 9.17) is 21.1 Å². The van der Waals surface area contributed by atoms with E-state index >= 15 is 0 Å². The van der Waals surface area contributed by atoms with E-state index in [1.165, 1.54) is 0 Å². The first-order valence-electron chi connectivity index (χ1n) is 6.53. The topological polar surface area (TPSA) is 47.6 Å². The van der Waals surface area contributed by atoms with Gasteiger partial charge in [-0.2, -0.15) is 0 Å². The van der Waals surface area contributed by atoms with Gasteiger partial charge < -0.3 is 14.8 Å². The molecule has 1 amide bonds. The quantitative estimate of drug-likeness (QED) is 0.904. The van der Waals surface area contributed by atoms with Crippen LogP contribution < -0.4 is 10.1 Å². The molecule has 1 N–H and O–H groups in total. The normalized spacial score (nSPS) is 18.3. The van der Waals surface area contributed by atoms with Gasteiger partial charge in [0.2, 0.25) is 0 Å². The summed E-state index contributed by atoms with van der Waals surface area (Å²) >= 11 is 5.93. The standard InChI is InChI=1S/C14H18ClNO3/c1-2-18-13-6-5-10(15)8-12(13)14(17)16-9-11-4-3-7-19-11/h5-6,8,11H,2-4,7,9H2,1H3,(H,16,17). The number of halogens is 1. The maximum atomic E-state index is 12.1. The van der Waals surface area contributed by atoms with Crippen molar-refractivity contribution < 1.29 is 14.3 Å². The fourth-order valence-electron chi connectivity index (χ4n) is 2.07. The first kappa shape index (κ1) is 14.2. The number of amides is 1. The number of nitrogens with one attached hydrogen (secondary N) is 1. The second-order valence-corrected chi connectivity index (χ2v) is 4.85. The van der Waals surface area contributed by atoms with Gasteiger partial charge in [0.25, 0.3) is 5.91 Å². The molecule has 5 heteroatoms. The van der Waals surface area contributed by atoms with Gasteiger partial charge in [-0.25, -0.2) is 0 Å². The fourth-order valence-corrected chi connectivity index (χ4v) is 2.24. The number of hydrogen-bond acceptors (Lipinski definition) is 3. The molecule has 1 heterocycles. The molecule has 0 radical (unpaired) electrons. The summed E-state index contributed by atoms with van der Waals surface area (Å²) in [6.45, 7) is 3.69. The molecule has 1 unspecified atom stereocenters. The summed E-state index contributed by atoms with van der Waals surface area (Å²) < 4.78 is 10.9. The third-order valence-corrected chi connectivity index (χ3v) is 3.24. The molecule has 1 fully saturated rings. The van der Waals surface area contributed by atoms with Crippen LogP contribution >= 0.6 is 11.6 Å². The zero-order chi connectivity index (χ0) is 13.7. The van der Waals surface area contributed by atoms with Crippen molar-refractivity contribution in [1.29, 1.82) is 0 Å². The highest BCUT2D eigenvalue weighted by atomic mass is 35.5. The highest BCUT2D eigenvalue weighted by Gasteiger charge is 2.18. The van der Waals surface area contributed by atoms with Crippen LogP contribution in [0.15, 0.2) is 18.2 Å². The summed E-state index contributed by atoms with van der Waals surface area (Å²) in [5, 5.41) is 3.38. The number of carbonyl (C=O) groups excluding carboxylic acids is 1. The molecule has 0 aromatic heterocycles. The summed E-state index contributed by atoms with van der Waals surface area (Å²) in [6, 6.07) is 5.05. The summed E-state index contributed by atoms with van der Waals surface area (Å²) in [5.41, 5.74) is 0.465. The second kappa shape index (κ2) is 6.78. The van der Waals surface area contributed by atoms with E-state index in [1.807, 2.05) is 6.92 Å². The van der Waals surface area contributed by atoms with Gasteiger partial charge in [-0.05, 0) is 38.0 Å². The molecule has 104 valence electrons. The maximum Gasteiger partial charge on any atom is 0.255 e. The van der Waals surface area contributed by atoms with Crippen LogP contribution in [0.3, 0.4) is 0 Å². The van der Waals surface area contributed by atoms with Crippen molar-refractivity contribution in [3.63, 3.8) is 0 Å². The zero-order valence-corrected chi connectivity index (χ0v) is 11.7. The third-order valence-electron chi connectivity index (χ3n) is 3.00. The number of rotatable bonds is 5. The molecule has 4 nitrogen and oxygen atoms in total. The van der Waals surface area contributed by atoms with Gasteiger partial charge in [0.1, 0.15) is 5.75 Å². The van der Waals surface area contributed by atoms with Crippen molar-refractivity contribution in [3.8, 4) is 5.75 Å². The summed E-state index contributed by atoms with van der Waals surface area (Å²) in [5.74, 6) is 0.373. The van der Waals surface area contributed by atoms with E-state index in [0.717, 1.165) is 19.4 Å². The molecular formula is C14H18ClNO3. The van der Waals surface area contributed by atoms with Crippen LogP contribution in [0.5, 0.6) is 5.75 Å². The van der Waals surface area contributed by atoms with E-state index in [2.05, 4.69) is 5.32 Å². The first-order valence-corrected chi connectivity index (χ1v) is 6.90. The molecule has 1 aliphatic rings. The molecule has 19 heavy (non-hydrogen) atoms. The number of carbonyl (C=O) groups is 1. The Morgan fingerprint density at radius 1 is 1.58 bits per heavy atom. The van der Waals surface area contributed by atoms with Gasteiger partial charge >= 0.3 is 0 Å². The van der Waals surface area contributed by atoms with Crippen molar-refractivity contribution in [2.24, 2.45) is 0 Å². The lowest BCUT2D eigenvalue weighted by Crippen LogP contribution is -2.32. The van der Waals surface area contributed by atoms with Crippen LogP contribution in [0.25, 0.3) is 0 Å². The Morgan fingerprint density at radius 3 is 3.11 bits per heavy atom. The molecule has 1 atom stereocenters. The Labute approximate surface area is 118 Å². The van der Waals surface area contributed by atoms with E-state index in [-0.39, 0.29) is 12.0 Å². The van der Waals surface area contributed by atoms with Crippen LogP contribution in [0, 0.1) is 0 Å². The molecule has 1 aliphatic heterocycles. The van der Waals surface area contributed by atoms with Crippen LogP contribution in [-0.4, -0.2) is 31.8 Å². The van der Waals surface area contributed by atoms with Crippen LogP contribution in [0.4, 0.5) is 0 Å². The van der Waals surface area contributed by atoms with Gasteiger partial charge in [0.15, 0.2) is 0 Å². The Morgan fingerprint density at radius 2 is 2.42 bits per heavy atom. The van der Waals surface area contributed by atoms with Gasteiger partial charge in [0.05, 0.1) is 18.3 Å². The molecule has 0 bridgehead atoms. The van der Waals surface area contributed by atoms with E-state index in [1.54, 1.807) is 18.2 Å². The highest BCUT2D eigenvalue weighted by molar-refractivity contribution is 6.31. The van der Waals surface area contributed by atoms with Crippen LogP contribution in [-0.2, 0) is 4.74 Å². The lowest BCUT2D eigenvalue weighted by atomic mass is 10.1. The van der Waals surface area contributed by atoms with Gasteiger partial charge in [-0.1, -0.05) is 11.6 Å². The zero-order valence-electron chi connectivity index (χ0n) is 10.9. The summed E-state index contributed by atoms with van der Waals surface area (Å²) in [7, 11) is 0. The van der Waals surface area contributed by atoms with Crippen molar-refractivity contribution in [2.75, 3.05) is 19.8 Å². The predicted octanol–water partition coefficient (Wildman–Crippen LogP) is 2.65. The van der Waals surface area contributed by atoms with Crippen LogP contribution in [0.1, 0.15) is 30.1 Å². The van der Waals surface area contributed by atoms with Gasteiger partial charge in [0, 0.05) is 18.2 Å². The van der Waals surface area contributed by atoms with E-state index in [9.17, 15) is 4.79 Å². The van der Waals surface area contributed by atoms with Crippen molar-refractivity contribution in [3.05, 3.63) is 28.8 Å². The van der Waals surface area contributed by atoms with Crippen molar-refractivity contribution in [1.82, 2.24) is 5.32 Å². The Kier molecular flexibility index (Phi) is 5.05. The smallest absolute Gasteiger partial charge is 0.255 e. The molecule has 1 saturated heterocycles. The third kappa shape index (κ3) is 3.85. The first-order chi connectivity index (χ1) is 9.20. The molecule has 0 spiro atoms. The van der Waals surface area contributed by atoms with Crippen molar-refractivity contribution >= 4 is 17.5 Å². The number of ether oxygens (including phenoxy) is 2. The highest BCUT2D eigenvalue weighted by Crippen LogP contribution is 2.23. The van der Waals surface area contributed by atoms with Gasteiger partial charge in [-0.3, -0.25) is 4.79 Å². The Bertz CT molecular complexity index is 444. The monoisotopic (exact) mass is 283 g/mol. The summed E-state index contributed by atoms with van der Waals surface area (Å²) in [6.07, 6.45) is 2.18.